The Bertz CT molecular complexity index is 524. The Hall–Kier alpha value is -1.09. The van der Waals surface area contributed by atoms with Crippen molar-refractivity contribution in [2.45, 2.75) is 52.4 Å². The van der Waals surface area contributed by atoms with Crippen LogP contribution in [0.4, 0.5) is 0 Å². The Kier molecular flexibility index (Phi) is 7.35. The van der Waals surface area contributed by atoms with E-state index in [1.807, 2.05) is 24.5 Å². The summed E-state index contributed by atoms with van der Waals surface area (Å²) in [5.74, 6) is 1.79. The van der Waals surface area contributed by atoms with Crippen LogP contribution in [-0.4, -0.2) is 22.3 Å². The van der Waals surface area contributed by atoms with Gasteiger partial charge in [-0.2, -0.15) is 0 Å². The highest BCUT2D eigenvalue weighted by Gasteiger charge is 2.30. The first-order valence-corrected chi connectivity index (χ1v) is 10.3. The second kappa shape index (κ2) is 9.27. The molecule has 0 bridgehead atoms. The summed E-state index contributed by atoms with van der Waals surface area (Å²) in [5, 5.41) is 0. The Morgan fingerprint density at radius 3 is 2.78 bits per heavy atom. The van der Waals surface area contributed by atoms with Crippen molar-refractivity contribution in [1.82, 2.24) is 0 Å². The van der Waals surface area contributed by atoms with Crippen LogP contribution in [0.2, 0.25) is 0 Å². The molecular weight excluding hydrogens is 304 g/mol. The van der Waals surface area contributed by atoms with E-state index in [9.17, 15) is 4.21 Å². The minimum Gasteiger partial charge on any atom is -0.501 e. The molecule has 1 aliphatic rings. The Balaban J connectivity index is 1.76. The summed E-state index contributed by atoms with van der Waals surface area (Å²) in [7, 11) is -0.583. The maximum Gasteiger partial charge on any atom is 0.0873 e. The topological polar surface area (TPSA) is 26.3 Å². The molecule has 0 amide bonds. The minimum atomic E-state index is -0.583. The lowest BCUT2D eigenvalue weighted by Gasteiger charge is -2.31. The van der Waals surface area contributed by atoms with E-state index in [1.165, 1.54) is 30.4 Å². The maximum atomic E-state index is 11.8. The van der Waals surface area contributed by atoms with E-state index < -0.39 is 10.8 Å². The molecule has 0 radical (unpaired) electrons. The summed E-state index contributed by atoms with van der Waals surface area (Å²) in [6, 6.07) is 10.3. The largest absolute Gasteiger partial charge is 0.501 e. The fourth-order valence-corrected chi connectivity index (χ4v) is 4.76. The zero-order valence-corrected chi connectivity index (χ0v) is 15.4. The first-order chi connectivity index (χ1) is 11.2. The lowest BCUT2D eigenvalue weighted by Crippen LogP contribution is -2.21. The fraction of sp³-hybridized carbons (Fsp3) is 0.600. The molecule has 1 saturated heterocycles. The third-order valence-electron chi connectivity index (χ3n) is 5.15. The standard InChI is InChI=1S/C20H30O2S/c1-3-20(12-8-15-23(21)16-13-20)11-7-14-22-17-18(2)19-9-5-4-6-10-19/h4-6,9-10,17H,3,7-8,11-16H2,1-2H3/b18-17-. The van der Waals surface area contributed by atoms with Crippen molar-refractivity contribution >= 4 is 16.4 Å². The molecule has 0 spiro atoms. The average Bonchev–Trinajstić information content (AvgIpc) is 2.77. The first-order valence-electron chi connectivity index (χ1n) is 8.84. The van der Waals surface area contributed by atoms with Crippen LogP contribution in [0.25, 0.3) is 5.57 Å². The Labute approximate surface area is 143 Å². The summed E-state index contributed by atoms with van der Waals surface area (Å²) >= 11 is 0. The van der Waals surface area contributed by atoms with Crippen LogP contribution in [0, 0.1) is 5.41 Å². The number of benzene rings is 1. The molecule has 1 aliphatic heterocycles. The van der Waals surface area contributed by atoms with Crippen molar-refractivity contribution in [2.24, 2.45) is 5.41 Å². The Morgan fingerprint density at radius 1 is 1.26 bits per heavy atom. The molecule has 3 heteroatoms. The van der Waals surface area contributed by atoms with E-state index >= 15 is 0 Å². The summed E-state index contributed by atoms with van der Waals surface area (Å²) < 4.78 is 17.5. The van der Waals surface area contributed by atoms with Gasteiger partial charge in [-0.3, -0.25) is 4.21 Å². The number of allylic oxidation sites excluding steroid dienone is 1. The van der Waals surface area contributed by atoms with Gasteiger partial charge >= 0.3 is 0 Å². The Morgan fingerprint density at radius 2 is 2.04 bits per heavy atom. The van der Waals surface area contributed by atoms with E-state index in [2.05, 4.69) is 26.0 Å². The number of hydrogen-bond acceptors (Lipinski definition) is 2. The molecule has 0 saturated carbocycles. The summed E-state index contributed by atoms with van der Waals surface area (Å²) in [6.45, 7) is 5.15. The highest BCUT2D eigenvalue weighted by molar-refractivity contribution is 7.84. The summed E-state index contributed by atoms with van der Waals surface area (Å²) in [6.07, 6.45) is 8.83. The van der Waals surface area contributed by atoms with E-state index in [0.717, 1.165) is 37.4 Å². The molecule has 1 heterocycles. The molecule has 2 unspecified atom stereocenters. The molecule has 1 aromatic carbocycles. The van der Waals surface area contributed by atoms with Crippen LogP contribution < -0.4 is 0 Å². The molecule has 0 N–H and O–H groups in total. The van der Waals surface area contributed by atoms with Gasteiger partial charge in [0.25, 0.3) is 0 Å². The summed E-state index contributed by atoms with van der Waals surface area (Å²) in [5.41, 5.74) is 2.78. The number of ether oxygens (including phenoxy) is 1. The molecule has 2 atom stereocenters. The lowest BCUT2D eigenvalue weighted by atomic mass is 9.75. The molecule has 1 fully saturated rings. The molecule has 2 rings (SSSR count). The van der Waals surface area contributed by atoms with Gasteiger partial charge in [-0.05, 0) is 55.6 Å². The molecular formula is C20H30O2S. The van der Waals surface area contributed by atoms with Crippen LogP contribution in [0.15, 0.2) is 36.6 Å². The van der Waals surface area contributed by atoms with Gasteiger partial charge in [-0.15, -0.1) is 0 Å². The van der Waals surface area contributed by atoms with Gasteiger partial charge in [0.05, 0.1) is 12.9 Å². The normalized spacial score (nSPS) is 25.8. The van der Waals surface area contributed by atoms with Crippen LogP contribution in [0.5, 0.6) is 0 Å². The molecule has 1 aromatic rings. The first kappa shape index (κ1) is 18.3. The third kappa shape index (κ3) is 5.80. The van der Waals surface area contributed by atoms with E-state index in [-0.39, 0.29) is 0 Å². The zero-order valence-electron chi connectivity index (χ0n) is 14.6. The lowest BCUT2D eigenvalue weighted by molar-refractivity contribution is 0.176. The van der Waals surface area contributed by atoms with Crippen molar-refractivity contribution in [3.05, 3.63) is 42.2 Å². The third-order valence-corrected chi connectivity index (χ3v) is 6.55. The average molecular weight is 335 g/mol. The molecule has 2 nitrogen and oxygen atoms in total. The van der Waals surface area contributed by atoms with Crippen molar-refractivity contribution in [3.63, 3.8) is 0 Å². The predicted molar refractivity (Wildman–Crippen MR) is 99.7 cm³/mol. The molecule has 0 aliphatic carbocycles. The molecule has 23 heavy (non-hydrogen) atoms. The minimum absolute atomic E-state index is 0.397. The van der Waals surface area contributed by atoms with Crippen LogP contribution in [-0.2, 0) is 15.5 Å². The van der Waals surface area contributed by atoms with E-state index in [0.29, 0.717) is 5.41 Å². The van der Waals surface area contributed by atoms with Gasteiger partial charge in [0.2, 0.25) is 0 Å². The van der Waals surface area contributed by atoms with Gasteiger partial charge in [-0.25, -0.2) is 0 Å². The van der Waals surface area contributed by atoms with Gasteiger partial charge in [0.15, 0.2) is 0 Å². The monoisotopic (exact) mass is 334 g/mol. The van der Waals surface area contributed by atoms with Crippen LogP contribution in [0.3, 0.4) is 0 Å². The van der Waals surface area contributed by atoms with Gasteiger partial charge < -0.3 is 4.74 Å². The number of hydrogen-bond donors (Lipinski definition) is 0. The maximum absolute atomic E-state index is 11.8. The smallest absolute Gasteiger partial charge is 0.0873 e. The quantitative estimate of drug-likeness (QED) is 0.508. The zero-order chi connectivity index (χ0) is 16.5. The van der Waals surface area contributed by atoms with Gasteiger partial charge in [0.1, 0.15) is 0 Å². The van der Waals surface area contributed by atoms with E-state index in [4.69, 9.17) is 4.74 Å². The second-order valence-electron chi connectivity index (χ2n) is 6.70. The fourth-order valence-electron chi connectivity index (χ4n) is 3.43. The predicted octanol–water partition coefficient (Wildman–Crippen LogP) is 5.17. The second-order valence-corrected chi connectivity index (χ2v) is 8.39. The molecule has 0 aromatic heterocycles. The van der Waals surface area contributed by atoms with Crippen molar-refractivity contribution in [1.29, 1.82) is 0 Å². The van der Waals surface area contributed by atoms with Crippen molar-refractivity contribution in [3.8, 4) is 0 Å². The summed E-state index contributed by atoms with van der Waals surface area (Å²) in [4.78, 5) is 0. The van der Waals surface area contributed by atoms with Crippen LogP contribution in [0.1, 0.15) is 57.9 Å². The highest BCUT2D eigenvalue weighted by Crippen LogP contribution is 2.39. The number of rotatable bonds is 7. The van der Waals surface area contributed by atoms with Crippen molar-refractivity contribution < 1.29 is 8.95 Å². The van der Waals surface area contributed by atoms with Gasteiger partial charge in [-0.1, -0.05) is 43.7 Å². The van der Waals surface area contributed by atoms with Gasteiger partial charge in [0, 0.05) is 22.3 Å². The SMILES string of the molecule is CCC1(CCCO/C=C(/C)c2ccccc2)CCCS(=O)CC1. The highest BCUT2D eigenvalue weighted by atomic mass is 32.2. The molecule has 128 valence electrons. The van der Waals surface area contributed by atoms with Crippen molar-refractivity contribution in [2.75, 3.05) is 18.1 Å². The van der Waals surface area contributed by atoms with Crippen LogP contribution >= 0.6 is 0 Å². The van der Waals surface area contributed by atoms with E-state index in [1.54, 1.807) is 0 Å².